The summed E-state index contributed by atoms with van der Waals surface area (Å²) in [6.07, 6.45) is -5.22. The Morgan fingerprint density at radius 1 is 1.06 bits per heavy atom. The number of hydrogen-bond donors (Lipinski definition) is 2. The van der Waals surface area contributed by atoms with Gasteiger partial charge in [0.15, 0.2) is 11.5 Å². The Balaban J connectivity index is 1.82. The summed E-state index contributed by atoms with van der Waals surface area (Å²) in [6.45, 7) is -0.348. The normalized spacial score (nSPS) is 18.3. The van der Waals surface area contributed by atoms with Crippen LogP contribution in [0.2, 0.25) is 0 Å². The highest BCUT2D eigenvalue weighted by Gasteiger charge is 2.68. The molecule has 0 aromatic heterocycles. The van der Waals surface area contributed by atoms with E-state index in [2.05, 4.69) is 0 Å². The molecule has 1 saturated heterocycles. The fourth-order valence-electron chi connectivity index (χ4n) is 3.24. The van der Waals surface area contributed by atoms with Crippen molar-refractivity contribution in [3.05, 3.63) is 59.7 Å². The Morgan fingerprint density at radius 3 is 2.31 bits per heavy atom. The Kier molecular flexibility index (Phi) is 6.28. The van der Waals surface area contributed by atoms with E-state index < -0.39 is 29.7 Å². The van der Waals surface area contributed by atoms with Gasteiger partial charge in [0.05, 0.1) is 14.2 Å². The Labute approximate surface area is 181 Å². The van der Waals surface area contributed by atoms with Gasteiger partial charge in [0, 0.05) is 12.1 Å². The van der Waals surface area contributed by atoms with Gasteiger partial charge in [-0.1, -0.05) is 24.3 Å². The summed E-state index contributed by atoms with van der Waals surface area (Å²) in [5.41, 5.74) is -3.06. The average molecular weight is 451 g/mol. The number of benzene rings is 2. The lowest BCUT2D eigenvalue weighted by molar-refractivity contribution is -0.200. The van der Waals surface area contributed by atoms with Gasteiger partial charge in [-0.3, -0.25) is 19.8 Å². The molecule has 32 heavy (non-hydrogen) atoms. The molecule has 1 atom stereocenters. The number of hydrogen-bond acceptors (Lipinski definition) is 5. The van der Waals surface area contributed by atoms with Gasteiger partial charge in [-0.2, -0.15) is 13.2 Å². The molecule has 170 valence electrons. The Morgan fingerprint density at radius 2 is 1.72 bits per heavy atom. The van der Waals surface area contributed by atoms with Crippen LogP contribution in [-0.4, -0.2) is 55.3 Å². The molecule has 0 spiro atoms. The molecule has 3 rings (SSSR count). The molecule has 0 radical (unpaired) electrons. The molecule has 2 N–H and O–H groups in total. The number of alkyl halides is 3. The van der Waals surface area contributed by atoms with Crippen LogP contribution in [0.3, 0.4) is 0 Å². The number of nitrogens with one attached hydrogen (secondary N) is 2. The summed E-state index contributed by atoms with van der Waals surface area (Å²) < 4.78 is 52.1. The first-order chi connectivity index (χ1) is 15.1. The third-order valence-corrected chi connectivity index (χ3v) is 4.94. The van der Waals surface area contributed by atoms with E-state index in [9.17, 15) is 27.6 Å². The first kappa shape index (κ1) is 22.9. The van der Waals surface area contributed by atoms with Crippen molar-refractivity contribution in [3.8, 4) is 11.5 Å². The molecule has 11 heteroatoms. The van der Waals surface area contributed by atoms with Crippen LogP contribution < -0.4 is 20.1 Å². The lowest BCUT2D eigenvalue weighted by Crippen LogP contribution is -2.69. The van der Waals surface area contributed by atoms with Crippen LogP contribution in [0.5, 0.6) is 11.5 Å². The van der Waals surface area contributed by atoms with Crippen molar-refractivity contribution in [1.82, 2.24) is 15.5 Å². The van der Waals surface area contributed by atoms with Gasteiger partial charge in [0.1, 0.15) is 0 Å². The zero-order chi connectivity index (χ0) is 23.5. The second-order valence-corrected chi connectivity index (χ2v) is 6.89. The highest BCUT2D eigenvalue weighted by atomic mass is 19.4. The van der Waals surface area contributed by atoms with Crippen LogP contribution in [0.15, 0.2) is 48.5 Å². The van der Waals surface area contributed by atoms with Crippen LogP contribution in [0.4, 0.5) is 18.0 Å². The summed E-state index contributed by atoms with van der Waals surface area (Å²) in [6, 6.07) is 10.6. The van der Waals surface area contributed by atoms with Crippen molar-refractivity contribution < 1.29 is 37.0 Å². The lowest BCUT2D eigenvalue weighted by Gasteiger charge is -2.29. The Bertz CT molecular complexity index is 1030. The highest BCUT2D eigenvalue weighted by molar-refractivity contribution is 6.10. The molecule has 1 fully saturated rings. The van der Waals surface area contributed by atoms with Crippen molar-refractivity contribution in [1.29, 1.82) is 0 Å². The van der Waals surface area contributed by atoms with E-state index in [1.165, 1.54) is 38.5 Å². The molecule has 2 aromatic carbocycles. The van der Waals surface area contributed by atoms with Gasteiger partial charge in [0.25, 0.3) is 17.5 Å². The predicted molar refractivity (Wildman–Crippen MR) is 106 cm³/mol. The molecule has 0 aliphatic carbocycles. The molecule has 1 heterocycles. The number of methoxy groups -OCH3 is 2. The van der Waals surface area contributed by atoms with E-state index in [0.717, 1.165) is 0 Å². The van der Waals surface area contributed by atoms with Crippen LogP contribution in [0.25, 0.3) is 0 Å². The summed E-state index contributed by atoms with van der Waals surface area (Å²) in [5, 5.41) is 3.29. The maximum Gasteiger partial charge on any atom is 0.440 e. The number of nitrogens with zero attached hydrogens (tertiary/aromatic N) is 1. The fourth-order valence-corrected chi connectivity index (χ4v) is 3.24. The third kappa shape index (κ3) is 4.18. The van der Waals surface area contributed by atoms with Gasteiger partial charge in [-0.05, 0) is 36.2 Å². The molecule has 1 unspecified atom stereocenters. The van der Waals surface area contributed by atoms with E-state index in [4.69, 9.17) is 9.47 Å². The molecular formula is C21H20F3N3O5. The van der Waals surface area contributed by atoms with Crippen molar-refractivity contribution in [2.24, 2.45) is 0 Å². The van der Waals surface area contributed by atoms with Crippen LogP contribution >= 0.6 is 0 Å². The zero-order valence-electron chi connectivity index (χ0n) is 17.2. The zero-order valence-corrected chi connectivity index (χ0v) is 17.2. The van der Waals surface area contributed by atoms with Crippen molar-refractivity contribution in [2.75, 3.05) is 20.8 Å². The summed E-state index contributed by atoms with van der Waals surface area (Å²) in [4.78, 5) is 37.9. The standard InChI is InChI=1S/C21H20F3N3O5/c1-31-15-9-8-13(12-16(15)32-2)10-11-27-18(29)20(21(22,23)24,26-19(27)30)25-17(28)14-6-4-3-5-7-14/h3-9,12H,10-11H2,1-2H3,(H,25,28)(H,26,30). The second kappa shape index (κ2) is 8.77. The largest absolute Gasteiger partial charge is 0.493 e. The Hall–Kier alpha value is -3.76. The minimum absolute atomic E-state index is 0.0556. The predicted octanol–water partition coefficient (Wildman–Crippen LogP) is 2.49. The first-order valence-electron chi connectivity index (χ1n) is 9.42. The molecule has 0 saturated carbocycles. The van der Waals surface area contributed by atoms with Gasteiger partial charge in [0.2, 0.25) is 0 Å². The maximum atomic E-state index is 13.9. The minimum Gasteiger partial charge on any atom is -0.493 e. The quantitative estimate of drug-likeness (QED) is 0.631. The molecule has 2 aromatic rings. The number of rotatable bonds is 7. The van der Waals surface area contributed by atoms with Crippen molar-refractivity contribution in [3.63, 3.8) is 0 Å². The number of halogens is 3. The van der Waals surface area contributed by atoms with Gasteiger partial charge in [-0.25, -0.2) is 4.79 Å². The maximum absolute atomic E-state index is 13.9. The number of carbonyl (C=O) groups is 3. The smallest absolute Gasteiger partial charge is 0.440 e. The second-order valence-electron chi connectivity index (χ2n) is 6.89. The van der Waals surface area contributed by atoms with Gasteiger partial charge >= 0.3 is 12.2 Å². The van der Waals surface area contributed by atoms with Gasteiger partial charge < -0.3 is 14.8 Å². The summed E-state index contributed by atoms with van der Waals surface area (Å²) in [5.74, 6) is -1.93. The molecule has 1 aliphatic heterocycles. The topological polar surface area (TPSA) is 97.0 Å². The van der Waals surface area contributed by atoms with Gasteiger partial charge in [-0.15, -0.1) is 0 Å². The molecular weight excluding hydrogens is 431 g/mol. The van der Waals surface area contributed by atoms with E-state index in [1.807, 2.05) is 0 Å². The van der Waals surface area contributed by atoms with Crippen LogP contribution in [0.1, 0.15) is 15.9 Å². The SMILES string of the molecule is COc1ccc(CCN2C(=O)NC(NC(=O)c3ccccc3)(C(F)(F)F)C2=O)cc1OC. The van der Waals surface area contributed by atoms with E-state index in [0.29, 0.717) is 22.0 Å². The van der Waals surface area contributed by atoms with Crippen molar-refractivity contribution >= 4 is 17.8 Å². The number of urea groups is 1. The van der Waals surface area contributed by atoms with Crippen LogP contribution in [-0.2, 0) is 11.2 Å². The third-order valence-electron chi connectivity index (χ3n) is 4.94. The summed E-state index contributed by atoms with van der Waals surface area (Å²) in [7, 11) is 2.87. The van der Waals surface area contributed by atoms with E-state index in [1.54, 1.807) is 34.9 Å². The molecule has 4 amide bonds. The summed E-state index contributed by atoms with van der Waals surface area (Å²) >= 11 is 0. The van der Waals surface area contributed by atoms with E-state index in [-0.39, 0.29) is 18.5 Å². The average Bonchev–Trinajstić information content (AvgIpc) is 3.02. The first-order valence-corrected chi connectivity index (χ1v) is 9.42. The molecule has 0 bridgehead atoms. The number of imide groups is 1. The van der Waals surface area contributed by atoms with Crippen molar-refractivity contribution in [2.45, 2.75) is 18.3 Å². The number of carbonyl (C=O) groups excluding carboxylic acids is 3. The fraction of sp³-hybridized carbons (Fsp3) is 0.286. The number of amides is 4. The van der Waals surface area contributed by atoms with Crippen LogP contribution in [0, 0.1) is 0 Å². The van der Waals surface area contributed by atoms with E-state index >= 15 is 0 Å². The molecule has 1 aliphatic rings. The monoisotopic (exact) mass is 451 g/mol. The highest BCUT2D eigenvalue weighted by Crippen LogP contribution is 2.34. The number of ether oxygens (including phenoxy) is 2. The lowest BCUT2D eigenvalue weighted by atomic mass is 10.1. The minimum atomic E-state index is -5.28. The molecule has 8 nitrogen and oxygen atoms in total.